The normalized spacial score (nSPS) is 12.4. The SMILES string of the molecule is CC/C=C\C/C=C\C/C=C\CCCCCCCC(=O)OCC(COC(=O)CCCCCCCCCCCCCCCCCCCCCCC/C=C\CCCCCCCCCC)OC(=O)CCCCCCC/C=C\CCCCCCCCC. The molecule has 82 heavy (non-hydrogen) atoms. The Labute approximate surface area is 510 Å². The van der Waals surface area contributed by atoms with Crippen LogP contribution in [0.4, 0.5) is 0 Å². The highest BCUT2D eigenvalue weighted by molar-refractivity contribution is 5.71. The molecule has 0 saturated carbocycles. The van der Waals surface area contributed by atoms with E-state index in [2.05, 4.69) is 81.5 Å². The maximum absolute atomic E-state index is 12.9. The predicted octanol–water partition coefficient (Wildman–Crippen LogP) is 25.1. The highest BCUT2D eigenvalue weighted by Crippen LogP contribution is 2.18. The third kappa shape index (κ3) is 67.9. The summed E-state index contributed by atoms with van der Waals surface area (Å²) in [6.45, 7) is 6.56. The zero-order chi connectivity index (χ0) is 59.2. The number of carbonyl (C=O) groups excluding carboxylic acids is 3. The molecule has 0 heterocycles. The number of carbonyl (C=O) groups is 3. The van der Waals surface area contributed by atoms with Crippen molar-refractivity contribution in [1.29, 1.82) is 0 Å². The molecule has 1 atom stereocenters. The van der Waals surface area contributed by atoms with Crippen LogP contribution in [0.3, 0.4) is 0 Å². The lowest BCUT2D eigenvalue weighted by Crippen LogP contribution is -2.30. The van der Waals surface area contributed by atoms with Crippen LogP contribution < -0.4 is 0 Å². The molecule has 1 unspecified atom stereocenters. The van der Waals surface area contributed by atoms with Crippen molar-refractivity contribution in [3.8, 4) is 0 Å². The number of hydrogen-bond donors (Lipinski definition) is 0. The number of unbranched alkanes of at least 4 members (excludes halogenated alkanes) is 46. The molecule has 0 aliphatic heterocycles. The van der Waals surface area contributed by atoms with Gasteiger partial charge in [0, 0.05) is 19.3 Å². The highest BCUT2D eigenvalue weighted by Gasteiger charge is 2.19. The standard InChI is InChI=1S/C76H138O6/c1-4-7-10-13-16-19-22-25-28-30-31-32-33-34-35-36-37-38-39-40-41-42-43-44-45-46-49-51-54-57-60-63-66-69-75(78)81-72-73(71-80-74(77)68-65-62-59-56-53-50-47-27-24-21-18-15-12-9-6-3)82-76(79)70-67-64-61-58-55-52-48-29-26-23-20-17-14-11-8-5-2/h9,12,18,21,27,29-31,47-48,73H,4-8,10-11,13-17,19-20,22-26,28,32-46,49-72H2,1-3H3/b12-9-,21-18-,31-30-,47-27-,48-29-. The molecular formula is C76H138O6. The Morgan fingerprint density at radius 2 is 0.476 bits per heavy atom. The van der Waals surface area contributed by atoms with Crippen LogP contribution in [0.2, 0.25) is 0 Å². The summed E-state index contributed by atoms with van der Waals surface area (Å²) >= 11 is 0. The number of esters is 3. The van der Waals surface area contributed by atoms with Crippen LogP contribution >= 0.6 is 0 Å². The second-order valence-electron chi connectivity index (χ2n) is 24.5. The van der Waals surface area contributed by atoms with Gasteiger partial charge in [0.2, 0.25) is 0 Å². The Morgan fingerprint density at radius 3 is 0.756 bits per heavy atom. The molecule has 0 spiro atoms. The van der Waals surface area contributed by atoms with Crippen LogP contribution in [0.15, 0.2) is 60.8 Å². The first-order valence-electron chi connectivity index (χ1n) is 36.3. The van der Waals surface area contributed by atoms with Gasteiger partial charge in [0.25, 0.3) is 0 Å². The van der Waals surface area contributed by atoms with E-state index in [4.69, 9.17) is 14.2 Å². The van der Waals surface area contributed by atoms with Gasteiger partial charge in [-0.05, 0) is 103 Å². The summed E-state index contributed by atoms with van der Waals surface area (Å²) in [5.74, 6) is -0.884. The molecule has 0 aromatic heterocycles. The Bertz CT molecular complexity index is 1460. The van der Waals surface area contributed by atoms with Crippen molar-refractivity contribution in [3.63, 3.8) is 0 Å². The van der Waals surface area contributed by atoms with Crippen molar-refractivity contribution in [2.75, 3.05) is 13.2 Å². The summed E-state index contributed by atoms with van der Waals surface area (Å²) in [5.41, 5.74) is 0. The molecular weight excluding hydrogens is 1010 g/mol. The monoisotopic (exact) mass is 1150 g/mol. The number of ether oxygens (including phenoxy) is 3. The van der Waals surface area contributed by atoms with Crippen molar-refractivity contribution in [1.82, 2.24) is 0 Å². The largest absolute Gasteiger partial charge is 0.462 e. The van der Waals surface area contributed by atoms with E-state index in [0.29, 0.717) is 19.3 Å². The van der Waals surface area contributed by atoms with Gasteiger partial charge < -0.3 is 14.2 Å². The van der Waals surface area contributed by atoms with Gasteiger partial charge in [0.05, 0.1) is 0 Å². The Balaban J connectivity index is 4.15. The quantitative estimate of drug-likeness (QED) is 0.0261. The second kappa shape index (κ2) is 70.6. The lowest BCUT2D eigenvalue weighted by atomic mass is 10.0. The van der Waals surface area contributed by atoms with Crippen LogP contribution in [0.25, 0.3) is 0 Å². The highest BCUT2D eigenvalue weighted by atomic mass is 16.6. The van der Waals surface area contributed by atoms with Gasteiger partial charge in [-0.2, -0.15) is 0 Å². The fourth-order valence-corrected chi connectivity index (χ4v) is 10.8. The lowest BCUT2D eigenvalue weighted by Gasteiger charge is -2.18. The maximum Gasteiger partial charge on any atom is 0.306 e. The molecule has 0 N–H and O–H groups in total. The lowest BCUT2D eigenvalue weighted by molar-refractivity contribution is -0.167. The first kappa shape index (κ1) is 79.1. The van der Waals surface area contributed by atoms with Crippen LogP contribution in [-0.4, -0.2) is 37.2 Å². The zero-order valence-electron chi connectivity index (χ0n) is 55.0. The van der Waals surface area contributed by atoms with Gasteiger partial charge in [-0.1, -0.05) is 326 Å². The number of rotatable bonds is 67. The number of hydrogen-bond acceptors (Lipinski definition) is 6. The Kier molecular flexibility index (Phi) is 68.1. The summed E-state index contributed by atoms with van der Waals surface area (Å²) in [6.07, 6.45) is 91.3. The summed E-state index contributed by atoms with van der Waals surface area (Å²) in [7, 11) is 0. The number of allylic oxidation sites excluding steroid dienone is 10. The van der Waals surface area contributed by atoms with E-state index in [9.17, 15) is 14.4 Å². The smallest absolute Gasteiger partial charge is 0.306 e. The van der Waals surface area contributed by atoms with E-state index in [1.807, 2.05) is 0 Å². The summed E-state index contributed by atoms with van der Waals surface area (Å²) < 4.78 is 17.0. The van der Waals surface area contributed by atoms with Crippen LogP contribution in [0.5, 0.6) is 0 Å². The Hall–Kier alpha value is -2.89. The molecule has 0 aromatic carbocycles. The van der Waals surface area contributed by atoms with Crippen molar-refractivity contribution in [3.05, 3.63) is 60.8 Å². The van der Waals surface area contributed by atoms with Crippen molar-refractivity contribution >= 4 is 17.9 Å². The minimum atomic E-state index is -0.786. The second-order valence-corrected chi connectivity index (χ2v) is 24.5. The first-order valence-corrected chi connectivity index (χ1v) is 36.3. The summed E-state index contributed by atoms with van der Waals surface area (Å²) in [4.78, 5) is 38.4. The molecule has 0 aromatic rings. The summed E-state index contributed by atoms with van der Waals surface area (Å²) in [5, 5.41) is 0. The molecule has 478 valence electrons. The van der Waals surface area contributed by atoms with Gasteiger partial charge in [0.1, 0.15) is 13.2 Å². The molecule has 0 fully saturated rings. The maximum atomic E-state index is 12.9. The topological polar surface area (TPSA) is 78.9 Å². The third-order valence-electron chi connectivity index (χ3n) is 16.2. The zero-order valence-corrected chi connectivity index (χ0v) is 55.0. The molecule has 0 amide bonds. The van der Waals surface area contributed by atoms with Gasteiger partial charge in [-0.25, -0.2) is 0 Å². The third-order valence-corrected chi connectivity index (χ3v) is 16.2. The fraction of sp³-hybridized carbons (Fsp3) is 0.829. The molecule has 6 nitrogen and oxygen atoms in total. The average Bonchev–Trinajstić information content (AvgIpc) is 3.47. The van der Waals surface area contributed by atoms with Gasteiger partial charge in [-0.3, -0.25) is 14.4 Å². The minimum absolute atomic E-state index is 0.0797. The van der Waals surface area contributed by atoms with Gasteiger partial charge >= 0.3 is 17.9 Å². The van der Waals surface area contributed by atoms with E-state index >= 15 is 0 Å². The van der Waals surface area contributed by atoms with E-state index < -0.39 is 6.10 Å². The van der Waals surface area contributed by atoms with Crippen LogP contribution in [0, 0.1) is 0 Å². The van der Waals surface area contributed by atoms with Gasteiger partial charge in [-0.15, -0.1) is 0 Å². The van der Waals surface area contributed by atoms with Crippen LogP contribution in [0.1, 0.15) is 387 Å². The van der Waals surface area contributed by atoms with E-state index in [0.717, 1.165) is 109 Å². The van der Waals surface area contributed by atoms with E-state index in [1.165, 1.54) is 238 Å². The molecule has 6 heteroatoms. The molecule has 0 radical (unpaired) electrons. The van der Waals surface area contributed by atoms with E-state index in [1.54, 1.807) is 0 Å². The predicted molar refractivity (Wildman–Crippen MR) is 358 cm³/mol. The summed E-state index contributed by atoms with van der Waals surface area (Å²) in [6, 6.07) is 0. The van der Waals surface area contributed by atoms with Crippen molar-refractivity contribution in [2.45, 2.75) is 393 Å². The molecule has 0 aliphatic rings. The Morgan fingerprint density at radius 1 is 0.256 bits per heavy atom. The van der Waals surface area contributed by atoms with Crippen molar-refractivity contribution in [2.24, 2.45) is 0 Å². The van der Waals surface area contributed by atoms with Crippen LogP contribution in [-0.2, 0) is 28.6 Å². The molecule has 0 bridgehead atoms. The molecule has 0 rings (SSSR count). The average molecular weight is 1150 g/mol. The van der Waals surface area contributed by atoms with Gasteiger partial charge in [0.15, 0.2) is 6.10 Å². The fourth-order valence-electron chi connectivity index (χ4n) is 10.8. The molecule has 0 aliphatic carbocycles. The molecule has 0 saturated heterocycles. The van der Waals surface area contributed by atoms with E-state index in [-0.39, 0.29) is 31.1 Å². The van der Waals surface area contributed by atoms with Crippen molar-refractivity contribution < 1.29 is 28.6 Å². The first-order chi connectivity index (χ1) is 40.5. The minimum Gasteiger partial charge on any atom is -0.462 e.